The molecule has 2 aliphatic heterocycles. The summed E-state index contributed by atoms with van der Waals surface area (Å²) in [6.07, 6.45) is 5.98. The molecule has 0 fully saturated rings. The normalized spacial score (nSPS) is 23.9. The summed E-state index contributed by atoms with van der Waals surface area (Å²) >= 11 is 0. The summed E-state index contributed by atoms with van der Waals surface area (Å²) in [5.41, 5.74) is -0.106. The number of amides is 2. The van der Waals surface area contributed by atoms with E-state index in [1.54, 1.807) is 46.2 Å². The molecule has 8 heteroatoms. The number of rotatable bonds is 6. The van der Waals surface area contributed by atoms with Gasteiger partial charge in [-0.2, -0.15) is 0 Å². The lowest BCUT2D eigenvalue weighted by Crippen LogP contribution is -2.56. The lowest BCUT2D eigenvalue weighted by molar-refractivity contribution is -0.143. The minimum absolute atomic E-state index is 0.106. The number of carboxylic acid groups (broad SMARTS) is 1. The third-order valence-electron chi connectivity index (χ3n) is 4.39. The fourth-order valence-electron chi connectivity index (χ4n) is 2.80. The highest BCUT2D eigenvalue weighted by atomic mass is 16.4. The molecule has 136 valence electrons. The number of nitrogens with zero attached hydrogens (tertiary/aromatic N) is 2. The van der Waals surface area contributed by atoms with Gasteiger partial charge in [0.1, 0.15) is 17.9 Å². The van der Waals surface area contributed by atoms with E-state index in [1.165, 1.54) is 11.0 Å². The van der Waals surface area contributed by atoms with Crippen molar-refractivity contribution in [1.82, 2.24) is 15.5 Å². The Bertz CT molecular complexity index is 653. The van der Waals surface area contributed by atoms with Crippen LogP contribution < -0.4 is 10.6 Å². The molecular formula is C17H24N4O4. The van der Waals surface area contributed by atoms with E-state index in [0.29, 0.717) is 0 Å². The maximum atomic E-state index is 13.1. The van der Waals surface area contributed by atoms with Crippen molar-refractivity contribution in [2.24, 2.45) is 16.8 Å². The Morgan fingerprint density at radius 2 is 1.96 bits per heavy atom. The van der Waals surface area contributed by atoms with Gasteiger partial charge < -0.3 is 15.7 Å². The molecule has 8 nitrogen and oxygen atoms in total. The molecule has 2 rings (SSSR count). The Hall–Kier alpha value is -2.48. The lowest BCUT2D eigenvalue weighted by Gasteiger charge is -2.32. The first-order chi connectivity index (χ1) is 11.8. The van der Waals surface area contributed by atoms with Crippen molar-refractivity contribution in [3.05, 3.63) is 23.9 Å². The molecule has 25 heavy (non-hydrogen) atoms. The number of likely N-dealkylation sites (N-methyl/N-ethyl adjacent to an activating group) is 1. The molecule has 2 amide bonds. The van der Waals surface area contributed by atoms with E-state index in [4.69, 9.17) is 0 Å². The second-order valence-electron chi connectivity index (χ2n) is 6.48. The number of allylic oxidation sites excluding steroid dienone is 1. The third kappa shape index (κ3) is 3.79. The molecule has 0 spiro atoms. The molecule has 0 aromatic carbocycles. The van der Waals surface area contributed by atoms with Crippen LogP contribution in [0.25, 0.3) is 0 Å². The zero-order valence-corrected chi connectivity index (χ0v) is 14.8. The van der Waals surface area contributed by atoms with E-state index < -0.39 is 30.1 Å². The highest BCUT2D eigenvalue weighted by Crippen LogP contribution is 2.32. The van der Waals surface area contributed by atoms with Crippen LogP contribution in [0.5, 0.6) is 0 Å². The number of fused-ring (bicyclic) bond motifs is 1. The topological polar surface area (TPSA) is 111 Å². The highest BCUT2D eigenvalue weighted by Gasteiger charge is 2.43. The standard InChI is InChI=1S/C17H24N4O4/c1-9(2)13(20-15(22)10(3)18-4)16(23)21-12(17(24)25)8-11-6-5-7-19-14(11)21/h5-11,13-14,18H,1-4H3,(H,20,22)(H,24,25)/t10-,11?,13-,14-/m0/s1. The van der Waals surface area contributed by atoms with Crippen molar-refractivity contribution < 1.29 is 19.5 Å². The van der Waals surface area contributed by atoms with Gasteiger partial charge in [0.2, 0.25) is 5.91 Å². The van der Waals surface area contributed by atoms with E-state index in [1.807, 2.05) is 0 Å². The van der Waals surface area contributed by atoms with Gasteiger partial charge in [0, 0.05) is 12.1 Å². The van der Waals surface area contributed by atoms with Crippen LogP contribution in [0.2, 0.25) is 0 Å². The quantitative estimate of drug-likeness (QED) is 0.632. The number of carboxylic acids is 1. The number of hydrogen-bond acceptors (Lipinski definition) is 5. The second-order valence-corrected chi connectivity index (χ2v) is 6.48. The van der Waals surface area contributed by atoms with Gasteiger partial charge in [-0.05, 0) is 32.0 Å². The maximum absolute atomic E-state index is 13.1. The van der Waals surface area contributed by atoms with Crippen LogP contribution in [0.4, 0.5) is 0 Å². The van der Waals surface area contributed by atoms with Crippen molar-refractivity contribution >= 4 is 24.0 Å². The fourth-order valence-corrected chi connectivity index (χ4v) is 2.80. The fraction of sp³-hybridized carbons (Fsp3) is 0.529. The zero-order chi connectivity index (χ0) is 18.7. The average Bonchev–Trinajstić information content (AvgIpc) is 2.97. The first-order valence-corrected chi connectivity index (χ1v) is 8.23. The molecule has 0 saturated carbocycles. The predicted octanol–water partition coefficient (Wildman–Crippen LogP) is 0.129. The molecule has 0 radical (unpaired) electrons. The molecule has 0 saturated heterocycles. The average molecular weight is 348 g/mol. The Morgan fingerprint density at radius 3 is 2.52 bits per heavy atom. The molecule has 2 aliphatic rings. The number of carbonyl (C=O) groups is 3. The highest BCUT2D eigenvalue weighted by molar-refractivity contribution is 5.98. The second kappa shape index (κ2) is 7.60. The maximum Gasteiger partial charge on any atom is 0.352 e. The molecule has 3 N–H and O–H groups in total. The van der Waals surface area contributed by atoms with E-state index in [-0.39, 0.29) is 23.4 Å². The smallest absolute Gasteiger partial charge is 0.352 e. The van der Waals surface area contributed by atoms with Crippen molar-refractivity contribution in [1.29, 1.82) is 0 Å². The summed E-state index contributed by atoms with van der Waals surface area (Å²) in [5, 5.41) is 15.0. The number of carbonyl (C=O) groups excluding carboxylic acids is 2. The van der Waals surface area contributed by atoms with Gasteiger partial charge in [-0.1, -0.05) is 19.9 Å². The van der Waals surface area contributed by atoms with Gasteiger partial charge in [-0.25, -0.2) is 4.79 Å². The molecule has 0 aliphatic carbocycles. The summed E-state index contributed by atoms with van der Waals surface area (Å²) in [7, 11) is 1.65. The molecule has 0 bridgehead atoms. The van der Waals surface area contributed by atoms with Crippen molar-refractivity contribution in [3.8, 4) is 0 Å². The van der Waals surface area contributed by atoms with Gasteiger partial charge >= 0.3 is 5.97 Å². The Kier molecular flexibility index (Phi) is 5.73. The van der Waals surface area contributed by atoms with Crippen LogP contribution >= 0.6 is 0 Å². The van der Waals surface area contributed by atoms with Crippen LogP contribution in [0.1, 0.15) is 20.8 Å². The Morgan fingerprint density at radius 1 is 1.28 bits per heavy atom. The monoisotopic (exact) mass is 348 g/mol. The number of nitrogens with one attached hydrogen (secondary N) is 2. The number of aliphatic imine (C=N–C) groups is 1. The first-order valence-electron chi connectivity index (χ1n) is 8.23. The summed E-state index contributed by atoms with van der Waals surface area (Å²) in [6.45, 7) is 5.28. The van der Waals surface area contributed by atoms with Crippen molar-refractivity contribution in [3.63, 3.8) is 0 Å². The number of hydrogen-bond donors (Lipinski definition) is 3. The van der Waals surface area contributed by atoms with E-state index in [9.17, 15) is 19.5 Å². The van der Waals surface area contributed by atoms with Gasteiger partial charge in [0.05, 0.1) is 6.04 Å². The van der Waals surface area contributed by atoms with Crippen LogP contribution in [-0.2, 0) is 14.4 Å². The summed E-state index contributed by atoms with van der Waals surface area (Å²) in [6, 6.07) is -1.31. The summed E-state index contributed by atoms with van der Waals surface area (Å²) in [4.78, 5) is 42.3. The minimum Gasteiger partial charge on any atom is -0.477 e. The molecular weight excluding hydrogens is 324 g/mol. The molecule has 0 aromatic rings. The van der Waals surface area contributed by atoms with Gasteiger partial charge in [-0.15, -0.1) is 0 Å². The summed E-state index contributed by atoms with van der Waals surface area (Å²) < 4.78 is 0. The zero-order valence-electron chi connectivity index (χ0n) is 14.8. The van der Waals surface area contributed by atoms with E-state index >= 15 is 0 Å². The first kappa shape index (κ1) is 18.9. The van der Waals surface area contributed by atoms with Gasteiger partial charge in [0.25, 0.3) is 5.91 Å². The van der Waals surface area contributed by atoms with Crippen LogP contribution in [0, 0.1) is 11.8 Å². The Labute approximate surface area is 146 Å². The third-order valence-corrected chi connectivity index (χ3v) is 4.39. The van der Waals surface area contributed by atoms with Gasteiger partial charge in [-0.3, -0.25) is 19.5 Å². The SMILES string of the molecule is CN[C@@H](C)C(=O)N[C@H](C(=O)N1C(C(=O)O)=CC2C=CC=N[C@H]21)C(C)C. The minimum atomic E-state index is -1.19. The Balaban J connectivity index is 2.29. The molecule has 4 atom stereocenters. The van der Waals surface area contributed by atoms with Crippen LogP contribution in [-0.4, -0.2) is 59.3 Å². The number of dihydropyridines is 1. The van der Waals surface area contributed by atoms with Gasteiger partial charge in [0.15, 0.2) is 0 Å². The van der Waals surface area contributed by atoms with Crippen LogP contribution in [0.15, 0.2) is 28.9 Å². The number of aliphatic carboxylic acids is 1. The largest absolute Gasteiger partial charge is 0.477 e. The molecule has 2 heterocycles. The van der Waals surface area contributed by atoms with Crippen molar-refractivity contribution in [2.45, 2.75) is 39.0 Å². The van der Waals surface area contributed by atoms with E-state index in [2.05, 4.69) is 15.6 Å². The molecule has 0 aromatic heterocycles. The van der Waals surface area contributed by atoms with E-state index in [0.717, 1.165) is 0 Å². The molecule has 1 unspecified atom stereocenters. The lowest BCUT2D eigenvalue weighted by atomic mass is 10.0. The predicted molar refractivity (Wildman–Crippen MR) is 92.8 cm³/mol. The van der Waals surface area contributed by atoms with Crippen LogP contribution in [0.3, 0.4) is 0 Å². The van der Waals surface area contributed by atoms with Crippen molar-refractivity contribution in [2.75, 3.05) is 7.05 Å². The summed E-state index contributed by atoms with van der Waals surface area (Å²) in [5.74, 6) is -2.47.